The fourth-order valence-electron chi connectivity index (χ4n) is 0.783. The second kappa shape index (κ2) is 3.99. The molecule has 12 heavy (non-hydrogen) atoms. The average molecular weight is 291 g/mol. The molecule has 0 spiro atoms. The summed E-state index contributed by atoms with van der Waals surface area (Å²) in [5.74, 6) is 0. The minimum absolute atomic E-state index is 0.602. The first kappa shape index (κ1) is 9.65. The third kappa shape index (κ3) is 1.83. The van der Waals surface area contributed by atoms with Gasteiger partial charge >= 0.3 is 0 Å². The number of rotatable bonds is 1. The Bertz CT molecular complexity index is 356. The molecular formula is C8H5Br2NO. The normalized spacial score (nSPS) is 9.25. The zero-order valence-electron chi connectivity index (χ0n) is 6.27. The maximum atomic E-state index is 10.00. The first-order valence-electron chi connectivity index (χ1n) is 3.19. The van der Waals surface area contributed by atoms with Crippen LogP contribution in [0.1, 0.15) is 5.56 Å². The fourth-order valence-corrected chi connectivity index (χ4v) is 1.81. The van der Waals surface area contributed by atoms with Crippen molar-refractivity contribution in [2.24, 2.45) is 4.99 Å². The van der Waals surface area contributed by atoms with Crippen LogP contribution in [-0.4, -0.2) is 6.08 Å². The monoisotopic (exact) mass is 289 g/mol. The van der Waals surface area contributed by atoms with Gasteiger partial charge < -0.3 is 0 Å². The summed E-state index contributed by atoms with van der Waals surface area (Å²) >= 11 is 6.69. The Hall–Kier alpha value is -0.440. The van der Waals surface area contributed by atoms with E-state index in [4.69, 9.17) is 0 Å². The molecule has 0 unspecified atom stereocenters. The first-order valence-corrected chi connectivity index (χ1v) is 4.78. The fraction of sp³-hybridized carbons (Fsp3) is 0.125. The smallest absolute Gasteiger partial charge is 0.211 e. The molecule has 0 radical (unpaired) electrons. The lowest BCUT2D eigenvalue weighted by Crippen LogP contribution is -1.78. The number of aliphatic imine (C=N–C) groups is 1. The van der Waals surface area contributed by atoms with Crippen LogP contribution in [0.3, 0.4) is 0 Å². The molecule has 62 valence electrons. The van der Waals surface area contributed by atoms with Crippen LogP contribution in [0.15, 0.2) is 26.1 Å². The second-order valence-electron chi connectivity index (χ2n) is 2.21. The highest BCUT2D eigenvalue weighted by molar-refractivity contribution is 9.11. The number of benzene rings is 1. The molecule has 0 aliphatic heterocycles. The van der Waals surface area contributed by atoms with Gasteiger partial charge in [-0.1, -0.05) is 15.9 Å². The third-order valence-electron chi connectivity index (χ3n) is 1.47. The standard InChI is InChI=1S/C8H5Br2NO/c1-5-6(9)2-3-7(8(5)10)11-4-12/h2-3H,1H3. The Kier molecular flexibility index (Phi) is 3.20. The van der Waals surface area contributed by atoms with Gasteiger partial charge in [0, 0.05) is 8.95 Å². The van der Waals surface area contributed by atoms with Crippen LogP contribution < -0.4 is 0 Å². The highest BCUT2D eigenvalue weighted by Crippen LogP contribution is 2.32. The molecule has 0 fully saturated rings. The second-order valence-corrected chi connectivity index (χ2v) is 3.86. The lowest BCUT2D eigenvalue weighted by atomic mass is 10.2. The van der Waals surface area contributed by atoms with Crippen molar-refractivity contribution in [3.8, 4) is 0 Å². The molecule has 2 nitrogen and oxygen atoms in total. The quantitative estimate of drug-likeness (QED) is 0.575. The molecule has 0 saturated heterocycles. The molecule has 0 heterocycles. The maximum absolute atomic E-state index is 10.00. The zero-order chi connectivity index (χ0) is 9.14. The summed E-state index contributed by atoms with van der Waals surface area (Å²) in [6.45, 7) is 1.93. The summed E-state index contributed by atoms with van der Waals surface area (Å²) in [6, 6.07) is 3.59. The number of hydrogen-bond donors (Lipinski definition) is 0. The third-order valence-corrected chi connectivity index (χ3v) is 3.33. The van der Waals surface area contributed by atoms with Gasteiger partial charge in [-0.25, -0.2) is 4.79 Å². The number of isocyanates is 1. The maximum Gasteiger partial charge on any atom is 0.240 e. The molecule has 0 saturated carbocycles. The molecule has 0 aliphatic rings. The molecule has 0 N–H and O–H groups in total. The van der Waals surface area contributed by atoms with Gasteiger partial charge in [-0.2, -0.15) is 4.99 Å². The molecule has 1 aromatic rings. The van der Waals surface area contributed by atoms with Gasteiger partial charge in [-0.3, -0.25) is 0 Å². The van der Waals surface area contributed by atoms with Crippen molar-refractivity contribution in [1.82, 2.24) is 0 Å². The number of nitrogens with zero attached hydrogens (tertiary/aromatic N) is 1. The zero-order valence-corrected chi connectivity index (χ0v) is 9.44. The van der Waals surface area contributed by atoms with Gasteiger partial charge in [-0.15, -0.1) is 0 Å². The highest BCUT2D eigenvalue weighted by Gasteiger charge is 2.04. The van der Waals surface area contributed by atoms with Crippen molar-refractivity contribution in [3.63, 3.8) is 0 Å². The summed E-state index contributed by atoms with van der Waals surface area (Å²) in [4.78, 5) is 13.5. The Morgan fingerprint density at radius 2 is 2.08 bits per heavy atom. The van der Waals surface area contributed by atoms with E-state index < -0.39 is 0 Å². The van der Waals surface area contributed by atoms with Crippen LogP contribution in [0.5, 0.6) is 0 Å². The summed E-state index contributed by atoms with van der Waals surface area (Å²) in [7, 11) is 0. The largest absolute Gasteiger partial charge is 0.240 e. The Labute approximate surface area is 87.0 Å². The lowest BCUT2D eigenvalue weighted by molar-refractivity contribution is 0.565. The van der Waals surface area contributed by atoms with Crippen LogP contribution in [0, 0.1) is 6.92 Å². The van der Waals surface area contributed by atoms with Gasteiger partial charge in [0.25, 0.3) is 0 Å². The van der Waals surface area contributed by atoms with Crippen LogP contribution in [0.25, 0.3) is 0 Å². The van der Waals surface area contributed by atoms with Crippen molar-refractivity contribution in [2.75, 3.05) is 0 Å². The van der Waals surface area contributed by atoms with Crippen LogP contribution in [0.4, 0.5) is 5.69 Å². The van der Waals surface area contributed by atoms with Gasteiger partial charge in [0.15, 0.2) is 0 Å². The van der Waals surface area contributed by atoms with E-state index in [9.17, 15) is 4.79 Å². The molecule has 4 heteroatoms. The van der Waals surface area contributed by atoms with E-state index in [1.54, 1.807) is 6.07 Å². The minimum atomic E-state index is 0.602. The molecular weight excluding hydrogens is 286 g/mol. The Morgan fingerprint density at radius 1 is 1.42 bits per heavy atom. The number of carbonyl (C=O) groups excluding carboxylic acids is 1. The van der Waals surface area contributed by atoms with E-state index in [2.05, 4.69) is 36.9 Å². The van der Waals surface area contributed by atoms with Crippen LogP contribution in [-0.2, 0) is 4.79 Å². The van der Waals surface area contributed by atoms with Crippen LogP contribution in [0.2, 0.25) is 0 Å². The lowest BCUT2D eigenvalue weighted by Gasteiger charge is -2.02. The van der Waals surface area contributed by atoms with Gasteiger partial charge in [0.2, 0.25) is 6.08 Å². The molecule has 0 aliphatic carbocycles. The van der Waals surface area contributed by atoms with Crippen molar-refractivity contribution in [2.45, 2.75) is 6.92 Å². The molecule has 0 atom stereocenters. The number of hydrogen-bond acceptors (Lipinski definition) is 2. The van der Waals surface area contributed by atoms with Crippen molar-refractivity contribution in [1.29, 1.82) is 0 Å². The SMILES string of the molecule is Cc1c(Br)ccc(N=C=O)c1Br. The van der Waals surface area contributed by atoms with Crippen molar-refractivity contribution in [3.05, 3.63) is 26.6 Å². The van der Waals surface area contributed by atoms with E-state index >= 15 is 0 Å². The summed E-state index contributed by atoms with van der Waals surface area (Å²) in [5, 5.41) is 0. The average Bonchev–Trinajstić information content (AvgIpc) is 2.07. The Morgan fingerprint density at radius 3 is 2.67 bits per heavy atom. The molecule has 0 bridgehead atoms. The Balaban J connectivity index is 3.35. The molecule has 1 aromatic carbocycles. The van der Waals surface area contributed by atoms with Gasteiger partial charge in [0.1, 0.15) is 0 Å². The van der Waals surface area contributed by atoms with E-state index in [1.807, 2.05) is 13.0 Å². The van der Waals surface area contributed by atoms with E-state index in [0.29, 0.717) is 5.69 Å². The topological polar surface area (TPSA) is 29.4 Å². The predicted molar refractivity (Wildman–Crippen MR) is 54.4 cm³/mol. The summed E-state index contributed by atoms with van der Waals surface area (Å²) < 4.78 is 1.81. The van der Waals surface area contributed by atoms with Crippen LogP contribution >= 0.6 is 31.9 Å². The predicted octanol–water partition coefficient (Wildman–Crippen LogP) is 3.49. The van der Waals surface area contributed by atoms with E-state index in [0.717, 1.165) is 14.5 Å². The summed E-state index contributed by atoms with van der Waals surface area (Å²) in [5.41, 5.74) is 1.62. The van der Waals surface area contributed by atoms with Crippen molar-refractivity contribution < 1.29 is 4.79 Å². The molecule has 0 aromatic heterocycles. The molecule has 0 amide bonds. The van der Waals surface area contributed by atoms with Gasteiger partial charge in [-0.05, 0) is 40.5 Å². The molecule has 1 rings (SSSR count). The van der Waals surface area contributed by atoms with E-state index in [-0.39, 0.29) is 0 Å². The highest BCUT2D eigenvalue weighted by atomic mass is 79.9. The minimum Gasteiger partial charge on any atom is -0.211 e. The first-order chi connectivity index (χ1) is 5.66. The van der Waals surface area contributed by atoms with Crippen molar-refractivity contribution >= 4 is 43.6 Å². The van der Waals surface area contributed by atoms with E-state index in [1.165, 1.54) is 6.08 Å². The van der Waals surface area contributed by atoms with Gasteiger partial charge in [0.05, 0.1) is 5.69 Å². The number of halogens is 2. The summed E-state index contributed by atoms with van der Waals surface area (Å²) in [6.07, 6.45) is 1.50.